The molecule has 1 amide bonds. The molecule has 24 heavy (non-hydrogen) atoms. The highest BCUT2D eigenvalue weighted by Gasteiger charge is 2.31. The van der Waals surface area contributed by atoms with E-state index in [1.54, 1.807) is 12.1 Å². The Kier molecular flexibility index (Phi) is 3.31. The smallest absolute Gasteiger partial charge is 0.269 e. The second-order valence-corrected chi connectivity index (χ2v) is 5.97. The third kappa shape index (κ3) is 2.33. The van der Waals surface area contributed by atoms with Crippen molar-refractivity contribution < 1.29 is 19.2 Å². The summed E-state index contributed by atoms with van der Waals surface area (Å²) >= 11 is 6.26. The SMILES string of the molecule is O=C1CC(c2cc([N+](=O)[O-])ccc2Cl)c2cc3c(cc2N1)OCO3. The monoisotopic (exact) mass is 346 g/mol. The Bertz CT molecular complexity index is 883. The standard InChI is InChI=1S/C16H11ClN2O5/c17-12-2-1-8(19(21)22)3-10(12)9-5-16(20)18-13-6-15-14(4-11(9)13)23-7-24-15/h1-4,6,9H,5,7H2,(H,18,20). The second kappa shape index (κ2) is 5.38. The fourth-order valence-corrected chi connectivity index (χ4v) is 3.29. The minimum atomic E-state index is -0.483. The van der Waals surface area contributed by atoms with Crippen LogP contribution in [0.15, 0.2) is 30.3 Å². The van der Waals surface area contributed by atoms with Crippen molar-refractivity contribution in [2.24, 2.45) is 0 Å². The third-order valence-corrected chi connectivity index (χ3v) is 4.49. The number of benzene rings is 2. The number of fused-ring (bicyclic) bond motifs is 2. The summed E-state index contributed by atoms with van der Waals surface area (Å²) < 4.78 is 10.7. The van der Waals surface area contributed by atoms with Gasteiger partial charge in [-0.3, -0.25) is 14.9 Å². The molecule has 7 nitrogen and oxygen atoms in total. The van der Waals surface area contributed by atoms with Crippen LogP contribution in [-0.2, 0) is 4.79 Å². The van der Waals surface area contributed by atoms with Crippen molar-refractivity contribution in [2.75, 3.05) is 12.1 Å². The normalized spacial score (nSPS) is 18.0. The highest BCUT2D eigenvalue weighted by Crippen LogP contribution is 2.46. The Morgan fingerprint density at radius 1 is 1.17 bits per heavy atom. The molecule has 0 saturated carbocycles. The van der Waals surface area contributed by atoms with Crippen LogP contribution < -0.4 is 14.8 Å². The Labute approximate surface area is 141 Å². The Morgan fingerprint density at radius 2 is 1.92 bits per heavy atom. The van der Waals surface area contributed by atoms with Gasteiger partial charge in [-0.05, 0) is 23.3 Å². The van der Waals surface area contributed by atoms with Crippen molar-refractivity contribution in [2.45, 2.75) is 12.3 Å². The summed E-state index contributed by atoms with van der Waals surface area (Å²) in [5.41, 5.74) is 1.87. The number of rotatable bonds is 2. The first-order valence-electron chi connectivity index (χ1n) is 7.20. The van der Waals surface area contributed by atoms with Gasteiger partial charge in [0, 0.05) is 41.2 Å². The zero-order valence-corrected chi connectivity index (χ0v) is 13.0. The Balaban J connectivity index is 1.87. The molecule has 0 radical (unpaired) electrons. The molecule has 1 N–H and O–H groups in total. The molecule has 1 unspecified atom stereocenters. The van der Waals surface area contributed by atoms with Gasteiger partial charge in [-0.25, -0.2) is 0 Å². The summed E-state index contributed by atoms with van der Waals surface area (Å²) in [5.74, 6) is 0.556. The molecule has 2 aliphatic heterocycles. The van der Waals surface area contributed by atoms with Crippen LogP contribution in [0.1, 0.15) is 23.5 Å². The number of hydrogen-bond acceptors (Lipinski definition) is 5. The molecule has 2 heterocycles. The van der Waals surface area contributed by atoms with E-state index in [1.807, 2.05) is 0 Å². The minimum absolute atomic E-state index is 0.0670. The van der Waals surface area contributed by atoms with E-state index in [4.69, 9.17) is 21.1 Å². The van der Waals surface area contributed by atoms with Crippen molar-refractivity contribution in [1.82, 2.24) is 0 Å². The average Bonchev–Trinajstić information content (AvgIpc) is 2.99. The molecule has 0 saturated heterocycles. The van der Waals surface area contributed by atoms with Gasteiger partial charge in [-0.1, -0.05) is 11.6 Å². The van der Waals surface area contributed by atoms with Crippen LogP contribution in [0.2, 0.25) is 5.02 Å². The fraction of sp³-hybridized carbons (Fsp3) is 0.188. The Morgan fingerprint density at radius 3 is 2.67 bits per heavy atom. The number of ether oxygens (including phenoxy) is 2. The predicted molar refractivity (Wildman–Crippen MR) is 85.8 cm³/mol. The largest absolute Gasteiger partial charge is 0.454 e. The van der Waals surface area contributed by atoms with E-state index < -0.39 is 10.8 Å². The zero-order chi connectivity index (χ0) is 16.8. The maximum atomic E-state index is 12.1. The van der Waals surface area contributed by atoms with Gasteiger partial charge in [-0.2, -0.15) is 0 Å². The summed E-state index contributed by atoms with van der Waals surface area (Å²) in [6.07, 6.45) is 0.146. The molecule has 0 aliphatic carbocycles. The van der Waals surface area contributed by atoms with Crippen molar-refractivity contribution in [1.29, 1.82) is 0 Å². The number of hydrogen-bond donors (Lipinski definition) is 1. The fourth-order valence-electron chi connectivity index (χ4n) is 3.04. The van der Waals surface area contributed by atoms with Crippen molar-refractivity contribution >= 4 is 28.9 Å². The van der Waals surface area contributed by atoms with Gasteiger partial charge in [0.1, 0.15) is 0 Å². The highest BCUT2D eigenvalue weighted by molar-refractivity contribution is 6.31. The number of nitrogens with zero attached hydrogens (tertiary/aromatic N) is 1. The molecule has 0 fully saturated rings. The number of carbonyl (C=O) groups is 1. The van der Waals surface area contributed by atoms with Crippen LogP contribution in [0.4, 0.5) is 11.4 Å². The maximum absolute atomic E-state index is 12.1. The molecule has 8 heteroatoms. The maximum Gasteiger partial charge on any atom is 0.269 e. The number of nitrogens with one attached hydrogen (secondary N) is 1. The lowest BCUT2D eigenvalue weighted by Gasteiger charge is -2.26. The van der Waals surface area contributed by atoms with E-state index in [1.165, 1.54) is 18.2 Å². The van der Waals surface area contributed by atoms with E-state index in [0.717, 1.165) is 5.56 Å². The molecule has 4 rings (SSSR count). The second-order valence-electron chi connectivity index (χ2n) is 5.56. The lowest BCUT2D eigenvalue weighted by molar-refractivity contribution is -0.384. The lowest BCUT2D eigenvalue weighted by Crippen LogP contribution is -2.23. The van der Waals surface area contributed by atoms with Gasteiger partial charge in [-0.15, -0.1) is 0 Å². The van der Waals surface area contributed by atoms with Crippen molar-refractivity contribution in [3.05, 3.63) is 56.6 Å². The summed E-state index contributed by atoms with van der Waals surface area (Å²) in [5, 5.41) is 14.2. The van der Waals surface area contributed by atoms with Gasteiger partial charge in [0.2, 0.25) is 12.7 Å². The number of carbonyl (C=O) groups excluding carboxylic acids is 1. The molecule has 2 aromatic rings. The number of nitro groups is 1. The zero-order valence-electron chi connectivity index (χ0n) is 12.2. The van der Waals surface area contributed by atoms with Crippen LogP contribution in [0, 0.1) is 10.1 Å². The molecule has 2 aliphatic rings. The van der Waals surface area contributed by atoms with Gasteiger partial charge < -0.3 is 14.8 Å². The third-order valence-electron chi connectivity index (χ3n) is 4.15. The molecular weight excluding hydrogens is 336 g/mol. The van der Waals surface area contributed by atoms with Gasteiger partial charge >= 0.3 is 0 Å². The van der Waals surface area contributed by atoms with Gasteiger partial charge in [0.25, 0.3) is 5.69 Å². The van der Waals surface area contributed by atoms with Gasteiger partial charge in [0.05, 0.1) is 4.92 Å². The van der Waals surface area contributed by atoms with Crippen LogP contribution in [-0.4, -0.2) is 17.6 Å². The first-order chi connectivity index (χ1) is 11.5. The number of non-ortho nitro benzene ring substituents is 1. The lowest BCUT2D eigenvalue weighted by atomic mass is 9.84. The van der Waals surface area contributed by atoms with Crippen LogP contribution in [0.5, 0.6) is 11.5 Å². The number of halogens is 1. The summed E-state index contributed by atoms with van der Waals surface area (Å²) in [6.45, 7) is 0.119. The van der Waals surface area contributed by atoms with Crippen LogP contribution >= 0.6 is 11.6 Å². The molecular formula is C16H11ClN2O5. The van der Waals surface area contributed by atoms with Crippen molar-refractivity contribution in [3.8, 4) is 11.5 Å². The van der Waals surface area contributed by atoms with Crippen molar-refractivity contribution in [3.63, 3.8) is 0 Å². The van der Waals surface area contributed by atoms with E-state index in [-0.39, 0.29) is 24.8 Å². The first-order valence-corrected chi connectivity index (χ1v) is 7.58. The highest BCUT2D eigenvalue weighted by atomic mass is 35.5. The van der Waals surface area contributed by atoms with E-state index >= 15 is 0 Å². The summed E-state index contributed by atoms with van der Waals surface area (Å²) in [7, 11) is 0. The molecule has 122 valence electrons. The predicted octanol–water partition coefficient (Wildman–Crippen LogP) is 3.45. The number of nitro benzene ring substituents is 1. The van der Waals surface area contributed by atoms with Crippen LogP contribution in [0.25, 0.3) is 0 Å². The van der Waals surface area contributed by atoms with E-state index in [0.29, 0.717) is 27.8 Å². The topological polar surface area (TPSA) is 90.7 Å². The van der Waals surface area contributed by atoms with Gasteiger partial charge in [0.15, 0.2) is 11.5 Å². The number of amides is 1. The summed E-state index contributed by atoms with van der Waals surface area (Å²) in [4.78, 5) is 22.7. The Hall–Kier alpha value is -2.80. The minimum Gasteiger partial charge on any atom is -0.454 e. The molecule has 0 spiro atoms. The molecule has 2 aromatic carbocycles. The molecule has 1 atom stereocenters. The van der Waals surface area contributed by atoms with E-state index in [9.17, 15) is 14.9 Å². The quantitative estimate of drug-likeness (QED) is 0.664. The molecule has 0 bridgehead atoms. The average molecular weight is 347 g/mol. The summed E-state index contributed by atoms with van der Waals surface area (Å²) in [6, 6.07) is 7.73. The number of anilines is 1. The van der Waals surface area contributed by atoms with E-state index in [2.05, 4.69) is 5.32 Å². The first kappa shape index (κ1) is 14.8. The van der Waals surface area contributed by atoms with Crippen LogP contribution in [0.3, 0.4) is 0 Å². The molecule has 0 aromatic heterocycles.